The summed E-state index contributed by atoms with van der Waals surface area (Å²) >= 11 is 6.20. The largest absolute Gasteiger partial charge is 0.376 e. The Hall–Kier alpha value is -2.55. The summed E-state index contributed by atoms with van der Waals surface area (Å²) in [6.45, 7) is 6.02. The van der Waals surface area contributed by atoms with E-state index in [1.807, 2.05) is 38.1 Å². The number of nitrogens with zero attached hydrogens (tertiary/aromatic N) is 3. The number of benzene rings is 1. The van der Waals surface area contributed by atoms with Gasteiger partial charge in [0.15, 0.2) is 0 Å². The first kappa shape index (κ1) is 21.2. The Morgan fingerprint density at radius 1 is 1.41 bits per heavy atom. The molecule has 152 valence electrons. The fraction of sp³-hybridized carbons (Fsp3) is 0.391. The lowest BCUT2D eigenvalue weighted by Crippen LogP contribution is -2.27. The zero-order chi connectivity index (χ0) is 21.0. The van der Waals surface area contributed by atoms with E-state index < -0.39 is 0 Å². The van der Waals surface area contributed by atoms with Crippen molar-refractivity contribution in [3.63, 3.8) is 0 Å². The highest BCUT2D eigenvalue weighted by Gasteiger charge is 2.20. The summed E-state index contributed by atoms with van der Waals surface area (Å²) in [6, 6.07) is 11.5. The Bertz CT molecular complexity index is 965. The SMILES string of the molecule is Cc1cc(/C=C(\C#N)C(=O)N(C)Cc2ccccc2Cl)c(C)n1CC1CCCO1. The molecule has 5 nitrogen and oxygen atoms in total. The van der Waals surface area contributed by atoms with Gasteiger partial charge in [0.1, 0.15) is 11.6 Å². The number of halogens is 1. The molecule has 6 heteroatoms. The van der Waals surface area contributed by atoms with Crippen molar-refractivity contribution in [1.82, 2.24) is 9.47 Å². The highest BCUT2D eigenvalue weighted by Crippen LogP contribution is 2.23. The lowest BCUT2D eigenvalue weighted by molar-refractivity contribution is -0.125. The molecule has 0 saturated carbocycles. The number of nitriles is 1. The third kappa shape index (κ3) is 4.90. The number of rotatable bonds is 6. The van der Waals surface area contributed by atoms with Crippen LogP contribution in [0.5, 0.6) is 0 Å². The molecule has 3 rings (SSSR count). The molecule has 0 bridgehead atoms. The van der Waals surface area contributed by atoms with Gasteiger partial charge in [0.05, 0.1) is 6.10 Å². The van der Waals surface area contributed by atoms with E-state index in [2.05, 4.69) is 10.6 Å². The molecule has 1 aromatic carbocycles. The van der Waals surface area contributed by atoms with E-state index in [1.165, 1.54) is 4.90 Å². The number of aromatic nitrogens is 1. The van der Waals surface area contributed by atoms with Gasteiger partial charge in [0.25, 0.3) is 5.91 Å². The van der Waals surface area contributed by atoms with Gasteiger partial charge in [-0.3, -0.25) is 4.79 Å². The Morgan fingerprint density at radius 2 is 2.17 bits per heavy atom. The van der Waals surface area contributed by atoms with Gasteiger partial charge in [-0.1, -0.05) is 29.8 Å². The average Bonchev–Trinajstić information content (AvgIpc) is 3.31. The van der Waals surface area contributed by atoms with Crippen LogP contribution in [-0.2, 0) is 22.6 Å². The summed E-state index contributed by atoms with van der Waals surface area (Å²) in [5.41, 5.74) is 3.97. The summed E-state index contributed by atoms with van der Waals surface area (Å²) in [7, 11) is 1.68. The Morgan fingerprint density at radius 3 is 2.83 bits per heavy atom. The van der Waals surface area contributed by atoms with Crippen LogP contribution in [0.2, 0.25) is 5.02 Å². The van der Waals surface area contributed by atoms with E-state index in [9.17, 15) is 10.1 Å². The van der Waals surface area contributed by atoms with Crippen molar-refractivity contribution in [2.45, 2.75) is 45.9 Å². The first-order valence-corrected chi connectivity index (χ1v) is 10.2. The van der Waals surface area contributed by atoms with Crippen LogP contribution in [0, 0.1) is 25.2 Å². The van der Waals surface area contributed by atoms with E-state index in [4.69, 9.17) is 16.3 Å². The molecule has 1 aliphatic heterocycles. The highest BCUT2D eigenvalue weighted by molar-refractivity contribution is 6.31. The van der Waals surface area contributed by atoms with Gasteiger partial charge in [0.2, 0.25) is 0 Å². The van der Waals surface area contributed by atoms with Crippen LogP contribution in [0.1, 0.15) is 35.4 Å². The van der Waals surface area contributed by atoms with Crippen LogP contribution in [0.4, 0.5) is 0 Å². The highest BCUT2D eigenvalue weighted by atomic mass is 35.5. The minimum absolute atomic E-state index is 0.108. The molecule has 1 atom stereocenters. The van der Waals surface area contributed by atoms with Crippen molar-refractivity contribution in [3.8, 4) is 6.07 Å². The van der Waals surface area contributed by atoms with Crippen LogP contribution < -0.4 is 0 Å². The summed E-state index contributed by atoms with van der Waals surface area (Å²) in [5, 5.41) is 10.2. The molecule has 29 heavy (non-hydrogen) atoms. The molecule has 1 amide bonds. The van der Waals surface area contributed by atoms with E-state index in [0.29, 0.717) is 11.6 Å². The molecule has 1 saturated heterocycles. The topological polar surface area (TPSA) is 58.3 Å². The molecule has 1 aliphatic rings. The molecule has 2 aromatic rings. The number of carbonyl (C=O) groups excluding carboxylic acids is 1. The van der Waals surface area contributed by atoms with Crippen molar-refractivity contribution in [3.05, 3.63) is 63.4 Å². The molecule has 1 unspecified atom stereocenters. The third-order valence-corrected chi connectivity index (χ3v) is 5.75. The molecular weight excluding hydrogens is 386 g/mol. The number of hydrogen-bond acceptors (Lipinski definition) is 3. The summed E-state index contributed by atoms with van der Waals surface area (Å²) < 4.78 is 7.96. The molecule has 1 aromatic heterocycles. The Kier molecular flexibility index (Phi) is 6.79. The number of carbonyl (C=O) groups is 1. The maximum atomic E-state index is 12.8. The first-order chi connectivity index (χ1) is 13.9. The normalized spacial score (nSPS) is 16.7. The molecule has 0 aliphatic carbocycles. The molecular formula is C23H26ClN3O2. The minimum Gasteiger partial charge on any atom is -0.376 e. The number of likely N-dealkylation sites (N-methyl/N-ethyl adjacent to an activating group) is 1. The summed E-state index contributed by atoms with van der Waals surface area (Å²) in [5.74, 6) is -0.323. The average molecular weight is 412 g/mol. The third-order valence-electron chi connectivity index (χ3n) is 5.39. The molecule has 1 fully saturated rings. The predicted octanol–water partition coefficient (Wildman–Crippen LogP) is 4.50. The number of hydrogen-bond donors (Lipinski definition) is 0. The molecule has 0 N–H and O–H groups in total. The first-order valence-electron chi connectivity index (χ1n) is 9.79. The van der Waals surface area contributed by atoms with Gasteiger partial charge >= 0.3 is 0 Å². The number of ether oxygens (including phenoxy) is 1. The van der Waals surface area contributed by atoms with Crippen molar-refractivity contribution in [1.29, 1.82) is 5.26 Å². The second-order valence-electron chi connectivity index (χ2n) is 7.49. The second kappa shape index (κ2) is 9.30. The van der Waals surface area contributed by atoms with Crippen molar-refractivity contribution >= 4 is 23.6 Å². The Balaban J connectivity index is 1.79. The van der Waals surface area contributed by atoms with Crippen LogP contribution in [0.15, 0.2) is 35.9 Å². The lowest BCUT2D eigenvalue weighted by Gasteiger charge is -2.17. The van der Waals surface area contributed by atoms with Crippen LogP contribution in [0.3, 0.4) is 0 Å². The monoisotopic (exact) mass is 411 g/mol. The lowest BCUT2D eigenvalue weighted by atomic mass is 10.1. The number of amides is 1. The van der Waals surface area contributed by atoms with Crippen molar-refractivity contribution in [2.75, 3.05) is 13.7 Å². The zero-order valence-corrected chi connectivity index (χ0v) is 17.9. The van der Waals surface area contributed by atoms with Gasteiger partial charge in [-0.2, -0.15) is 5.26 Å². The zero-order valence-electron chi connectivity index (χ0n) is 17.1. The van der Waals surface area contributed by atoms with Crippen LogP contribution >= 0.6 is 11.6 Å². The fourth-order valence-corrected chi connectivity index (χ4v) is 3.90. The van der Waals surface area contributed by atoms with E-state index >= 15 is 0 Å². The van der Waals surface area contributed by atoms with Gasteiger partial charge in [-0.25, -0.2) is 0 Å². The fourth-order valence-electron chi connectivity index (χ4n) is 3.70. The molecule has 0 spiro atoms. The van der Waals surface area contributed by atoms with Crippen LogP contribution in [0.25, 0.3) is 6.08 Å². The van der Waals surface area contributed by atoms with Gasteiger partial charge in [0, 0.05) is 43.2 Å². The second-order valence-corrected chi connectivity index (χ2v) is 7.90. The van der Waals surface area contributed by atoms with E-state index in [1.54, 1.807) is 19.2 Å². The molecule has 2 heterocycles. The smallest absolute Gasteiger partial charge is 0.264 e. The quantitative estimate of drug-likeness (QED) is 0.519. The maximum absolute atomic E-state index is 12.8. The number of aryl methyl sites for hydroxylation is 1. The van der Waals surface area contributed by atoms with E-state index in [0.717, 1.165) is 48.5 Å². The Labute approximate surface area is 177 Å². The van der Waals surface area contributed by atoms with Gasteiger partial charge in [-0.05, 0) is 56.0 Å². The summed E-state index contributed by atoms with van der Waals surface area (Å²) in [4.78, 5) is 14.4. The van der Waals surface area contributed by atoms with Crippen molar-refractivity contribution in [2.24, 2.45) is 0 Å². The van der Waals surface area contributed by atoms with Gasteiger partial charge in [-0.15, -0.1) is 0 Å². The predicted molar refractivity (Wildman–Crippen MR) is 114 cm³/mol. The summed E-state index contributed by atoms with van der Waals surface area (Å²) in [6.07, 6.45) is 4.08. The van der Waals surface area contributed by atoms with Gasteiger partial charge < -0.3 is 14.2 Å². The van der Waals surface area contributed by atoms with Crippen LogP contribution in [-0.4, -0.2) is 35.1 Å². The van der Waals surface area contributed by atoms with Crippen molar-refractivity contribution < 1.29 is 9.53 Å². The molecule has 0 radical (unpaired) electrons. The van der Waals surface area contributed by atoms with E-state index in [-0.39, 0.29) is 17.6 Å². The standard InChI is InChI=1S/C23H26ClN3O2/c1-16-11-19(17(2)27(16)15-21-8-6-10-29-21)12-20(13-25)23(28)26(3)14-18-7-4-5-9-22(18)24/h4-5,7,9,11-12,21H,6,8,10,14-15H2,1-3H3/b20-12+. The minimum atomic E-state index is -0.323. The maximum Gasteiger partial charge on any atom is 0.264 e.